The molecule has 1 atom stereocenters. The summed E-state index contributed by atoms with van der Waals surface area (Å²) in [6, 6.07) is 12.2. The first-order chi connectivity index (χ1) is 16.2. The van der Waals surface area contributed by atoms with E-state index in [1.54, 1.807) is 6.08 Å². The van der Waals surface area contributed by atoms with Gasteiger partial charge in [-0.3, -0.25) is 14.5 Å². The van der Waals surface area contributed by atoms with E-state index in [0.29, 0.717) is 20.7 Å². The molecule has 1 fully saturated rings. The Morgan fingerprint density at radius 3 is 2.20 bits per heavy atom. The molecule has 0 saturated carbocycles. The SMILES string of the molecule is CC(c1cc(C(C)(C)C)cc(C(C)(C)C)c1)N1C(=O)COc2ccc(/C=C3/SC(=S)NC3=O)cc21. The quantitative estimate of drug-likeness (QED) is 0.392. The first-order valence-electron chi connectivity index (χ1n) is 11.7. The Morgan fingerprint density at radius 2 is 1.66 bits per heavy atom. The van der Waals surface area contributed by atoms with E-state index in [1.165, 1.54) is 22.9 Å². The monoisotopic (exact) mass is 508 g/mol. The molecule has 2 aliphatic heterocycles. The molecule has 4 rings (SSSR count). The van der Waals surface area contributed by atoms with E-state index in [1.807, 2.05) is 23.1 Å². The number of carbonyl (C=O) groups is 2. The summed E-state index contributed by atoms with van der Waals surface area (Å²) >= 11 is 6.34. The fraction of sp³-hybridized carbons (Fsp3) is 0.393. The average Bonchev–Trinajstić information content (AvgIpc) is 3.08. The molecule has 2 aromatic carbocycles. The van der Waals surface area contributed by atoms with E-state index in [2.05, 4.69) is 72.0 Å². The number of hydrogen-bond acceptors (Lipinski definition) is 5. The molecular formula is C28H32N2O3S2. The van der Waals surface area contributed by atoms with E-state index >= 15 is 0 Å². The fourth-order valence-electron chi connectivity index (χ4n) is 4.18. The van der Waals surface area contributed by atoms with Crippen LogP contribution in [0.5, 0.6) is 5.75 Å². The van der Waals surface area contributed by atoms with Gasteiger partial charge in [0.1, 0.15) is 10.1 Å². The van der Waals surface area contributed by atoms with Crippen LogP contribution in [-0.2, 0) is 20.4 Å². The van der Waals surface area contributed by atoms with Crippen molar-refractivity contribution in [1.29, 1.82) is 0 Å². The van der Waals surface area contributed by atoms with Gasteiger partial charge in [-0.15, -0.1) is 0 Å². The van der Waals surface area contributed by atoms with Crippen molar-refractivity contribution in [2.45, 2.75) is 65.3 Å². The minimum atomic E-state index is -0.205. The van der Waals surface area contributed by atoms with Gasteiger partial charge >= 0.3 is 0 Å². The highest BCUT2D eigenvalue weighted by Crippen LogP contribution is 2.41. The molecule has 1 unspecified atom stereocenters. The van der Waals surface area contributed by atoms with Gasteiger partial charge in [-0.05, 0) is 58.2 Å². The summed E-state index contributed by atoms with van der Waals surface area (Å²) in [5.74, 6) is 0.354. The molecule has 1 N–H and O–H groups in total. The second-order valence-electron chi connectivity index (χ2n) is 11.2. The number of hydrogen-bond donors (Lipinski definition) is 1. The molecule has 2 heterocycles. The van der Waals surface area contributed by atoms with Crippen LogP contribution in [-0.4, -0.2) is 22.7 Å². The van der Waals surface area contributed by atoms with Crippen molar-refractivity contribution in [2.24, 2.45) is 0 Å². The molecule has 0 aliphatic carbocycles. The van der Waals surface area contributed by atoms with Crippen LogP contribution in [0.3, 0.4) is 0 Å². The van der Waals surface area contributed by atoms with Crippen molar-refractivity contribution < 1.29 is 14.3 Å². The number of amides is 2. The lowest BCUT2D eigenvalue weighted by Gasteiger charge is -2.36. The molecule has 0 radical (unpaired) electrons. The standard InChI is InChI=1S/C28H32N2O3S2/c1-16(18-12-19(27(2,3)4)14-20(13-18)28(5,6)7)30-21-10-17(8-9-22(21)33-15-24(30)31)11-23-25(32)29-26(34)35-23/h8-14,16H,15H2,1-7H3,(H,29,32,34)/b23-11+. The highest BCUT2D eigenvalue weighted by atomic mass is 32.2. The van der Waals surface area contributed by atoms with Gasteiger partial charge < -0.3 is 10.1 Å². The molecule has 2 amide bonds. The molecule has 35 heavy (non-hydrogen) atoms. The third-order valence-electron chi connectivity index (χ3n) is 6.36. The van der Waals surface area contributed by atoms with Crippen molar-refractivity contribution in [2.75, 3.05) is 11.5 Å². The Bertz CT molecular complexity index is 1220. The number of nitrogens with zero attached hydrogens (tertiary/aromatic N) is 1. The van der Waals surface area contributed by atoms with Crippen LogP contribution < -0.4 is 15.0 Å². The maximum atomic E-state index is 13.2. The second-order valence-corrected chi connectivity index (χ2v) is 12.9. The van der Waals surface area contributed by atoms with Crippen LogP contribution >= 0.6 is 24.0 Å². The summed E-state index contributed by atoms with van der Waals surface area (Å²) < 4.78 is 6.20. The average molecular weight is 509 g/mol. The molecule has 0 spiro atoms. The van der Waals surface area contributed by atoms with Crippen LogP contribution in [0.1, 0.15) is 76.8 Å². The topological polar surface area (TPSA) is 58.6 Å². The largest absolute Gasteiger partial charge is 0.482 e. The van der Waals surface area contributed by atoms with Gasteiger partial charge in [0.25, 0.3) is 11.8 Å². The van der Waals surface area contributed by atoms with E-state index < -0.39 is 0 Å². The number of fused-ring (bicyclic) bond motifs is 1. The summed E-state index contributed by atoms with van der Waals surface area (Å²) in [6.45, 7) is 15.3. The summed E-state index contributed by atoms with van der Waals surface area (Å²) in [7, 11) is 0. The normalized spacial score (nSPS) is 18.4. The van der Waals surface area contributed by atoms with Crippen molar-refractivity contribution in [3.63, 3.8) is 0 Å². The van der Waals surface area contributed by atoms with Gasteiger partial charge in [-0.25, -0.2) is 0 Å². The van der Waals surface area contributed by atoms with E-state index in [-0.39, 0.29) is 35.3 Å². The number of thioether (sulfide) groups is 1. The molecule has 5 nitrogen and oxygen atoms in total. The van der Waals surface area contributed by atoms with Gasteiger partial charge in [0, 0.05) is 0 Å². The molecule has 2 aliphatic rings. The highest BCUT2D eigenvalue weighted by molar-refractivity contribution is 8.26. The molecule has 7 heteroatoms. The third kappa shape index (κ3) is 5.31. The molecule has 0 bridgehead atoms. The summed E-state index contributed by atoms with van der Waals surface area (Å²) in [5, 5.41) is 2.64. The van der Waals surface area contributed by atoms with Gasteiger partial charge in [-0.2, -0.15) is 0 Å². The summed E-state index contributed by atoms with van der Waals surface area (Å²) in [5.41, 5.74) is 5.03. The third-order valence-corrected chi connectivity index (χ3v) is 7.52. The molecule has 0 aromatic heterocycles. The first-order valence-corrected chi connectivity index (χ1v) is 13.0. The zero-order valence-electron chi connectivity index (χ0n) is 21.3. The summed E-state index contributed by atoms with van der Waals surface area (Å²) in [6.07, 6.45) is 1.79. The maximum Gasteiger partial charge on any atom is 0.265 e. The van der Waals surface area contributed by atoms with Gasteiger partial charge in [0.15, 0.2) is 6.61 Å². The molecule has 1 saturated heterocycles. The molecular weight excluding hydrogens is 476 g/mol. The Balaban J connectivity index is 1.79. The molecule has 2 aromatic rings. The summed E-state index contributed by atoms with van der Waals surface area (Å²) in [4.78, 5) is 27.7. The van der Waals surface area contributed by atoms with Crippen molar-refractivity contribution in [1.82, 2.24) is 5.32 Å². The minimum absolute atomic E-state index is 0.00457. The van der Waals surface area contributed by atoms with E-state index in [0.717, 1.165) is 11.1 Å². The van der Waals surface area contributed by atoms with Crippen molar-refractivity contribution in [3.05, 3.63) is 63.6 Å². The van der Waals surface area contributed by atoms with Gasteiger partial charge in [0.2, 0.25) is 0 Å². The Hall–Kier alpha value is -2.64. The van der Waals surface area contributed by atoms with Gasteiger partial charge in [0.05, 0.1) is 16.6 Å². The zero-order chi connectivity index (χ0) is 25.7. The lowest BCUT2D eigenvalue weighted by Crippen LogP contribution is -2.40. The van der Waals surface area contributed by atoms with Crippen LogP contribution in [0.25, 0.3) is 6.08 Å². The Morgan fingerprint density at radius 1 is 1.03 bits per heavy atom. The predicted octanol–water partition coefficient (Wildman–Crippen LogP) is 6.26. The number of thiocarbonyl (C=S) groups is 1. The Labute approximate surface area is 217 Å². The highest BCUT2D eigenvalue weighted by Gasteiger charge is 2.32. The molecule has 184 valence electrons. The van der Waals surface area contributed by atoms with Gasteiger partial charge in [-0.1, -0.05) is 89.8 Å². The number of anilines is 1. The van der Waals surface area contributed by atoms with Crippen LogP contribution in [0, 0.1) is 0 Å². The smallest absolute Gasteiger partial charge is 0.265 e. The number of nitrogens with one attached hydrogen (secondary N) is 1. The lowest BCUT2D eigenvalue weighted by atomic mass is 9.79. The second kappa shape index (κ2) is 9.10. The number of carbonyl (C=O) groups excluding carboxylic acids is 2. The Kier molecular flexibility index (Phi) is 6.62. The minimum Gasteiger partial charge on any atom is -0.482 e. The van der Waals surface area contributed by atoms with E-state index in [4.69, 9.17) is 17.0 Å². The number of benzene rings is 2. The van der Waals surface area contributed by atoms with Crippen molar-refractivity contribution in [3.8, 4) is 5.75 Å². The van der Waals surface area contributed by atoms with Crippen molar-refractivity contribution >= 4 is 51.9 Å². The zero-order valence-corrected chi connectivity index (χ0v) is 22.9. The number of ether oxygens (including phenoxy) is 1. The predicted molar refractivity (Wildman–Crippen MR) is 148 cm³/mol. The fourth-order valence-corrected chi connectivity index (χ4v) is 5.23. The maximum absolute atomic E-state index is 13.2. The van der Waals surface area contributed by atoms with E-state index in [9.17, 15) is 9.59 Å². The first kappa shape index (κ1) is 25.5. The number of rotatable bonds is 3. The van der Waals surface area contributed by atoms with Crippen LogP contribution in [0.15, 0.2) is 41.3 Å². The lowest BCUT2D eigenvalue weighted by molar-refractivity contribution is -0.121. The van der Waals surface area contributed by atoms with Crippen LogP contribution in [0.2, 0.25) is 0 Å². The van der Waals surface area contributed by atoms with Crippen LogP contribution in [0.4, 0.5) is 5.69 Å².